The standard InChI is InChI=1S/C14H24ClN5/c1-3-5-9-19(4-2)13-16-12(15)17-14(18-13)20-10-7-6-8-11-20/h3-11H2,1-2H3. The van der Waals surface area contributed by atoms with Crippen LogP contribution in [0.1, 0.15) is 46.0 Å². The summed E-state index contributed by atoms with van der Waals surface area (Å²) in [5, 5.41) is 0.297. The highest BCUT2D eigenvalue weighted by Crippen LogP contribution is 2.20. The Hall–Kier alpha value is -1.10. The molecule has 20 heavy (non-hydrogen) atoms. The molecule has 1 aliphatic rings. The lowest BCUT2D eigenvalue weighted by atomic mass is 10.1. The van der Waals surface area contributed by atoms with E-state index in [4.69, 9.17) is 11.6 Å². The zero-order valence-electron chi connectivity index (χ0n) is 12.5. The van der Waals surface area contributed by atoms with Crippen LogP contribution in [-0.4, -0.2) is 41.1 Å². The van der Waals surface area contributed by atoms with Crippen LogP contribution in [0.15, 0.2) is 0 Å². The number of halogens is 1. The number of rotatable bonds is 6. The monoisotopic (exact) mass is 297 g/mol. The van der Waals surface area contributed by atoms with Gasteiger partial charge in [-0.25, -0.2) is 0 Å². The van der Waals surface area contributed by atoms with Crippen LogP contribution in [0.3, 0.4) is 0 Å². The lowest BCUT2D eigenvalue weighted by Crippen LogP contribution is -2.32. The molecule has 2 heterocycles. The summed E-state index contributed by atoms with van der Waals surface area (Å²) in [5.41, 5.74) is 0. The van der Waals surface area contributed by atoms with Crippen molar-refractivity contribution in [2.45, 2.75) is 46.0 Å². The van der Waals surface area contributed by atoms with Crippen molar-refractivity contribution >= 4 is 23.5 Å². The topological polar surface area (TPSA) is 45.2 Å². The zero-order valence-corrected chi connectivity index (χ0v) is 13.2. The van der Waals surface area contributed by atoms with Gasteiger partial charge in [0, 0.05) is 26.2 Å². The van der Waals surface area contributed by atoms with Gasteiger partial charge in [-0.2, -0.15) is 15.0 Å². The van der Waals surface area contributed by atoms with Crippen LogP contribution < -0.4 is 9.80 Å². The molecule has 0 atom stereocenters. The summed E-state index contributed by atoms with van der Waals surface area (Å²) in [6.07, 6.45) is 5.99. The van der Waals surface area contributed by atoms with Gasteiger partial charge in [-0.05, 0) is 44.2 Å². The minimum Gasteiger partial charge on any atom is -0.341 e. The first kappa shape index (κ1) is 15.3. The highest BCUT2D eigenvalue weighted by atomic mass is 35.5. The second kappa shape index (κ2) is 7.62. The molecule has 1 aromatic rings. The van der Waals surface area contributed by atoms with Crippen LogP contribution in [0, 0.1) is 0 Å². The molecule has 0 N–H and O–H groups in total. The molecule has 2 rings (SSSR count). The summed E-state index contributed by atoms with van der Waals surface area (Å²) in [6.45, 7) is 8.19. The molecule has 0 amide bonds. The van der Waals surface area contributed by atoms with E-state index in [1.54, 1.807) is 0 Å². The summed E-state index contributed by atoms with van der Waals surface area (Å²) in [5.74, 6) is 1.44. The number of aromatic nitrogens is 3. The molecular weight excluding hydrogens is 274 g/mol. The van der Waals surface area contributed by atoms with E-state index in [0.29, 0.717) is 11.2 Å². The molecule has 0 radical (unpaired) electrons. The van der Waals surface area contributed by atoms with Gasteiger partial charge in [0.15, 0.2) is 0 Å². The normalized spacial score (nSPS) is 15.4. The number of hydrogen-bond donors (Lipinski definition) is 0. The Morgan fingerprint density at radius 3 is 2.50 bits per heavy atom. The molecule has 0 bridgehead atoms. The van der Waals surface area contributed by atoms with E-state index in [-0.39, 0.29) is 0 Å². The van der Waals surface area contributed by atoms with Crippen LogP contribution in [0.5, 0.6) is 0 Å². The maximum Gasteiger partial charge on any atom is 0.231 e. The molecule has 1 aromatic heterocycles. The Kier molecular flexibility index (Phi) is 5.83. The smallest absolute Gasteiger partial charge is 0.231 e. The lowest BCUT2D eigenvalue weighted by molar-refractivity contribution is 0.566. The first-order valence-corrected chi connectivity index (χ1v) is 8.03. The molecule has 1 fully saturated rings. The highest BCUT2D eigenvalue weighted by molar-refractivity contribution is 6.28. The molecule has 1 aliphatic heterocycles. The van der Waals surface area contributed by atoms with Crippen molar-refractivity contribution in [2.75, 3.05) is 36.0 Å². The van der Waals surface area contributed by atoms with Crippen molar-refractivity contribution in [3.63, 3.8) is 0 Å². The van der Waals surface area contributed by atoms with E-state index in [2.05, 4.69) is 38.6 Å². The van der Waals surface area contributed by atoms with Crippen molar-refractivity contribution in [3.05, 3.63) is 5.28 Å². The number of nitrogens with zero attached hydrogens (tertiary/aromatic N) is 5. The van der Waals surface area contributed by atoms with Gasteiger partial charge in [0.05, 0.1) is 0 Å². The number of piperidine rings is 1. The molecule has 0 aliphatic carbocycles. The third kappa shape index (κ3) is 3.95. The van der Waals surface area contributed by atoms with Gasteiger partial charge in [-0.15, -0.1) is 0 Å². The quantitative estimate of drug-likeness (QED) is 0.807. The predicted molar refractivity (Wildman–Crippen MR) is 83.7 cm³/mol. The Morgan fingerprint density at radius 1 is 1.10 bits per heavy atom. The van der Waals surface area contributed by atoms with Crippen LogP contribution in [0.25, 0.3) is 0 Å². The molecule has 5 nitrogen and oxygen atoms in total. The lowest BCUT2D eigenvalue weighted by Gasteiger charge is -2.28. The van der Waals surface area contributed by atoms with Gasteiger partial charge < -0.3 is 9.80 Å². The maximum atomic E-state index is 6.09. The van der Waals surface area contributed by atoms with Crippen LogP contribution in [0.2, 0.25) is 5.28 Å². The van der Waals surface area contributed by atoms with E-state index in [1.165, 1.54) is 19.3 Å². The van der Waals surface area contributed by atoms with E-state index in [9.17, 15) is 0 Å². The fraction of sp³-hybridized carbons (Fsp3) is 0.786. The second-order valence-corrected chi connectivity index (χ2v) is 5.52. The van der Waals surface area contributed by atoms with Gasteiger partial charge in [-0.3, -0.25) is 0 Å². The third-order valence-corrected chi connectivity index (χ3v) is 3.84. The predicted octanol–water partition coefficient (Wildman–Crippen LogP) is 3.14. The second-order valence-electron chi connectivity index (χ2n) is 5.19. The van der Waals surface area contributed by atoms with E-state index in [0.717, 1.165) is 45.0 Å². The zero-order chi connectivity index (χ0) is 14.4. The largest absolute Gasteiger partial charge is 0.341 e. The summed E-state index contributed by atoms with van der Waals surface area (Å²) in [7, 11) is 0. The van der Waals surface area contributed by atoms with Crippen LogP contribution in [-0.2, 0) is 0 Å². The Labute approximate surface area is 126 Å². The van der Waals surface area contributed by atoms with Gasteiger partial charge >= 0.3 is 0 Å². The van der Waals surface area contributed by atoms with E-state index < -0.39 is 0 Å². The highest BCUT2D eigenvalue weighted by Gasteiger charge is 2.17. The van der Waals surface area contributed by atoms with E-state index >= 15 is 0 Å². The molecule has 112 valence electrons. The number of unbranched alkanes of at least 4 members (excludes halogenated alkanes) is 1. The average Bonchev–Trinajstić information content (AvgIpc) is 2.48. The first-order chi connectivity index (χ1) is 9.74. The van der Waals surface area contributed by atoms with Gasteiger partial charge in [0.1, 0.15) is 0 Å². The van der Waals surface area contributed by atoms with E-state index in [1.807, 2.05) is 0 Å². The van der Waals surface area contributed by atoms with Crippen molar-refractivity contribution in [3.8, 4) is 0 Å². The average molecular weight is 298 g/mol. The minimum absolute atomic E-state index is 0.297. The summed E-state index contributed by atoms with van der Waals surface area (Å²) < 4.78 is 0. The third-order valence-electron chi connectivity index (χ3n) is 3.67. The molecule has 0 saturated carbocycles. The maximum absolute atomic E-state index is 6.09. The summed E-state index contributed by atoms with van der Waals surface area (Å²) in [4.78, 5) is 17.6. The minimum atomic E-state index is 0.297. The Balaban J connectivity index is 2.17. The summed E-state index contributed by atoms with van der Waals surface area (Å²) >= 11 is 6.09. The Morgan fingerprint density at radius 2 is 1.85 bits per heavy atom. The van der Waals surface area contributed by atoms with Gasteiger partial charge in [0.25, 0.3) is 0 Å². The molecule has 1 saturated heterocycles. The molecule has 0 aromatic carbocycles. The van der Waals surface area contributed by atoms with Crippen LogP contribution >= 0.6 is 11.6 Å². The van der Waals surface area contributed by atoms with Crippen molar-refractivity contribution in [1.82, 2.24) is 15.0 Å². The number of hydrogen-bond acceptors (Lipinski definition) is 5. The molecule has 0 spiro atoms. The number of anilines is 2. The molecule has 0 unspecified atom stereocenters. The van der Waals surface area contributed by atoms with Crippen LogP contribution in [0.4, 0.5) is 11.9 Å². The Bertz CT molecular complexity index is 420. The fourth-order valence-electron chi connectivity index (χ4n) is 2.45. The molecular formula is C14H24ClN5. The van der Waals surface area contributed by atoms with Crippen molar-refractivity contribution in [1.29, 1.82) is 0 Å². The van der Waals surface area contributed by atoms with Gasteiger partial charge in [0.2, 0.25) is 17.2 Å². The first-order valence-electron chi connectivity index (χ1n) is 7.66. The van der Waals surface area contributed by atoms with Crippen molar-refractivity contribution < 1.29 is 0 Å². The van der Waals surface area contributed by atoms with Gasteiger partial charge in [-0.1, -0.05) is 13.3 Å². The SMILES string of the molecule is CCCCN(CC)c1nc(Cl)nc(N2CCCCC2)n1. The molecule has 6 heteroatoms. The summed E-state index contributed by atoms with van der Waals surface area (Å²) in [6, 6.07) is 0. The van der Waals surface area contributed by atoms with Crippen molar-refractivity contribution in [2.24, 2.45) is 0 Å². The fourth-order valence-corrected chi connectivity index (χ4v) is 2.61.